The maximum Gasteiger partial charge on any atom is 0.418 e. The molecule has 4 rings (SSSR count). The Morgan fingerprint density at radius 1 is 1.00 bits per heavy atom. The number of aryl methyl sites for hydroxylation is 1. The topological polar surface area (TPSA) is 47.5 Å². The van der Waals surface area contributed by atoms with Gasteiger partial charge < -0.3 is 20.0 Å². The number of hydrogen-bond donors (Lipinski definition) is 1. The predicted molar refractivity (Wildman–Crippen MR) is 137 cm³/mol. The number of piperazine rings is 1. The molecule has 0 unspecified atom stereocenters. The molecule has 1 N–H and O–H groups in total. The van der Waals surface area contributed by atoms with E-state index >= 15 is 0 Å². The lowest BCUT2D eigenvalue weighted by Gasteiger charge is -2.37. The van der Waals surface area contributed by atoms with Gasteiger partial charge in [-0.15, -0.1) is 0 Å². The fraction of sp³-hybridized carbons (Fsp3) is 0.348. The van der Waals surface area contributed by atoms with Crippen molar-refractivity contribution in [3.05, 3.63) is 57.3 Å². The fourth-order valence-corrected chi connectivity index (χ4v) is 6.00. The van der Waals surface area contributed by atoms with E-state index in [1.807, 2.05) is 70.1 Å². The molecule has 1 saturated heterocycles. The van der Waals surface area contributed by atoms with E-state index in [0.29, 0.717) is 41.6 Å². The minimum absolute atomic E-state index is 0.452. The lowest BCUT2D eigenvalue weighted by atomic mass is 10.2. The zero-order chi connectivity index (χ0) is 23.6. The van der Waals surface area contributed by atoms with Gasteiger partial charge in [-0.25, -0.2) is 0 Å². The average Bonchev–Trinajstić information content (AvgIpc) is 2.80. The van der Waals surface area contributed by atoms with Gasteiger partial charge in [-0.2, -0.15) is 23.1 Å². The van der Waals surface area contributed by atoms with Gasteiger partial charge in [-0.1, -0.05) is 44.5 Å². The van der Waals surface area contributed by atoms with Crippen LogP contribution in [-0.4, -0.2) is 65.3 Å². The molecule has 2 aromatic rings. The number of nitrogens with one attached hydrogen (secondary N) is 1. The van der Waals surface area contributed by atoms with Gasteiger partial charge in [-0.05, 0) is 29.1 Å². The van der Waals surface area contributed by atoms with E-state index in [1.54, 1.807) is 0 Å². The summed E-state index contributed by atoms with van der Waals surface area (Å²) in [5, 5.41) is 3.33. The zero-order valence-electron chi connectivity index (χ0n) is 18.7. The lowest BCUT2D eigenvalue weighted by molar-refractivity contribution is -0.0894. The third-order valence-electron chi connectivity index (χ3n) is 5.35. The summed E-state index contributed by atoms with van der Waals surface area (Å²) in [6.07, 6.45) is -1.60. The van der Waals surface area contributed by atoms with Gasteiger partial charge >= 0.3 is 6.18 Å². The molecule has 10 heteroatoms. The number of halogens is 4. The molecule has 0 bridgehead atoms. The molecule has 0 radical (unpaired) electrons. The molecular formula is C23H26F3IN6. The summed E-state index contributed by atoms with van der Waals surface area (Å²) < 4.78 is 42.8. The summed E-state index contributed by atoms with van der Waals surface area (Å²) in [5.41, 5.74) is 1.60. The van der Waals surface area contributed by atoms with Crippen LogP contribution < -0.4 is 15.1 Å². The molecule has 0 spiro atoms. The monoisotopic (exact) mass is 570 g/mol. The Morgan fingerprint density at radius 2 is 1.67 bits per heavy atom. The van der Waals surface area contributed by atoms with E-state index in [2.05, 4.69) is 10.3 Å². The van der Waals surface area contributed by atoms with Gasteiger partial charge in [0.2, 0.25) is 5.95 Å². The van der Waals surface area contributed by atoms with Crippen molar-refractivity contribution >= 4 is 48.0 Å². The minimum Gasteiger partial charge on any atom is -0.363 e. The van der Waals surface area contributed by atoms with Crippen LogP contribution in [0.15, 0.2) is 51.8 Å². The summed E-state index contributed by atoms with van der Waals surface area (Å²) in [6.45, 7) is 4.17. The van der Waals surface area contributed by atoms with Crippen LogP contribution in [0.2, 0.25) is 0 Å². The van der Waals surface area contributed by atoms with Crippen LogP contribution in [0, 0.1) is 6.92 Å². The average molecular weight is 570 g/mol. The number of rotatable bonds is 5. The van der Waals surface area contributed by atoms with Gasteiger partial charge in [0.1, 0.15) is 11.6 Å². The second-order valence-corrected chi connectivity index (χ2v) is 10.4. The largest absolute Gasteiger partial charge is 0.418 e. The second kappa shape index (κ2) is 9.70. The Balaban J connectivity index is 1.53. The molecule has 0 atom stereocenters. The van der Waals surface area contributed by atoms with Crippen LogP contribution in [0.1, 0.15) is 5.56 Å². The van der Waals surface area contributed by atoms with Crippen molar-refractivity contribution in [1.29, 1.82) is 0 Å². The van der Waals surface area contributed by atoms with Crippen LogP contribution in [0.4, 0.5) is 36.4 Å². The molecule has 0 amide bonds. The molecule has 1 aromatic carbocycles. The zero-order valence-corrected chi connectivity index (χ0v) is 20.9. The number of alkyl halides is 3. The minimum atomic E-state index is -4.32. The van der Waals surface area contributed by atoms with Crippen LogP contribution in [0.3, 0.4) is 0 Å². The highest BCUT2D eigenvalue weighted by molar-refractivity contribution is 14.2. The molecule has 2 aliphatic heterocycles. The van der Waals surface area contributed by atoms with E-state index < -0.39 is 32.5 Å². The fourth-order valence-electron chi connectivity index (χ4n) is 3.55. The number of allylic oxidation sites excluding steroid dienone is 3. The number of aromatic nitrogens is 2. The van der Waals surface area contributed by atoms with Crippen LogP contribution in [0.25, 0.3) is 0 Å². The number of nitrogens with zero attached hydrogens (tertiary/aromatic N) is 5. The first kappa shape index (κ1) is 23.5. The number of benzene rings is 1. The first-order valence-electron chi connectivity index (χ1n) is 10.6. The summed E-state index contributed by atoms with van der Waals surface area (Å²) >= 11 is -0.796. The number of hydrogen-bond acceptors (Lipinski definition) is 6. The smallest absolute Gasteiger partial charge is 0.363 e. The van der Waals surface area contributed by atoms with E-state index in [0.717, 1.165) is 11.5 Å². The van der Waals surface area contributed by atoms with Crippen molar-refractivity contribution in [2.45, 2.75) is 13.1 Å². The Hall–Kier alpha value is -2.63. The summed E-state index contributed by atoms with van der Waals surface area (Å²) in [4.78, 5) is 15.2. The second-order valence-electron chi connectivity index (χ2n) is 8.07. The Labute approximate surface area is 201 Å². The van der Waals surface area contributed by atoms with Crippen molar-refractivity contribution in [3.63, 3.8) is 0 Å². The molecule has 176 valence electrons. The SMILES string of the molecule is Cc1ccc(Nc2cc(N(C)C)nc(N3CCN(C4=C(C(F)(F)F)C=CC=I4)CC3)n2)cc1. The molecule has 2 aliphatic rings. The van der Waals surface area contributed by atoms with Crippen molar-refractivity contribution < 1.29 is 13.2 Å². The molecule has 6 nitrogen and oxygen atoms in total. The molecular weight excluding hydrogens is 544 g/mol. The highest BCUT2D eigenvalue weighted by Crippen LogP contribution is 2.37. The van der Waals surface area contributed by atoms with E-state index in [9.17, 15) is 13.2 Å². The number of anilines is 4. The Morgan fingerprint density at radius 3 is 2.30 bits per heavy atom. The molecule has 3 heterocycles. The van der Waals surface area contributed by atoms with E-state index in [1.165, 1.54) is 17.7 Å². The standard InChI is InChI=1S/C23H26F3IN6/c1-16-6-8-17(9-7-16)28-19-15-20(31(2)3)30-22(29-19)33-13-11-32(12-14-33)21-18(23(24,25)26)5-4-10-27-21/h4-10,15H,11-14H2,1-3H3,(H,28,29,30). The molecule has 33 heavy (non-hydrogen) atoms. The van der Waals surface area contributed by atoms with Gasteiger partial charge in [-0.3, -0.25) is 0 Å². The predicted octanol–water partition coefficient (Wildman–Crippen LogP) is 4.83. The van der Waals surface area contributed by atoms with Crippen molar-refractivity contribution in [2.24, 2.45) is 0 Å². The third-order valence-corrected chi connectivity index (χ3v) is 7.98. The van der Waals surface area contributed by atoms with Gasteiger partial charge in [0.15, 0.2) is 0 Å². The molecule has 0 saturated carbocycles. The molecule has 1 fully saturated rings. The highest BCUT2D eigenvalue weighted by Gasteiger charge is 2.37. The van der Waals surface area contributed by atoms with Crippen LogP contribution in [0.5, 0.6) is 0 Å². The first-order valence-corrected chi connectivity index (χ1v) is 12.9. The molecule has 1 aromatic heterocycles. The van der Waals surface area contributed by atoms with Crippen molar-refractivity contribution in [1.82, 2.24) is 14.9 Å². The lowest BCUT2D eigenvalue weighted by Crippen LogP contribution is -2.46. The van der Waals surface area contributed by atoms with Crippen LogP contribution >= 0.6 is 20.7 Å². The quantitative estimate of drug-likeness (QED) is 0.411. The first-order chi connectivity index (χ1) is 15.7. The Kier molecular flexibility index (Phi) is 6.91. The third kappa shape index (κ3) is 5.66. The normalized spacial score (nSPS) is 16.7. The van der Waals surface area contributed by atoms with E-state index in [-0.39, 0.29) is 0 Å². The molecule has 0 aliphatic carbocycles. The van der Waals surface area contributed by atoms with Gasteiger partial charge in [0.25, 0.3) is 0 Å². The summed E-state index contributed by atoms with van der Waals surface area (Å²) in [6, 6.07) is 9.93. The summed E-state index contributed by atoms with van der Waals surface area (Å²) in [5.74, 6) is 2.01. The van der Waals surface area contributed by atoms with Crippen molar-refractivity contribution in [2.75, 3.05) is 55.4 Å². The highest BCUT2D eigenvalue weighted by atomic mass is 127. The van der Waals surface area contributed by atoms with Crippen LogP contribution in [-0.2, 0) is 0 Å². The maximum atomic E-state index is 13.5. The maximum absolute atomic E-state index is 13.5. The summed E-state index contributed by atoms with van der Waals surface area (Å²) in [7, 11) is 3.84. The van der Waals surface area contributed by atoms with E-state index in [4.69, 9.17) is 4.98 Å². The van der Waals surface area contributed by atoms with Gasteiger partial charge in [0, 0.05) is 52.0 Å². The van der Waals surface area contributed by atoms with Gasteiger partial charge in [0.05, 0.1) is 9.28 Å². The van der Waals surface area contributed by atoms with Crippen molar-refractivity contribution in [3.8, 4) is 0 Å². The Bertz CT molecular complexity index is 1080.